The van der Waals surface area contributed by atoms with Gasteiger partial charge < -0.3 is 14.8 Å². The van der Waals surface area contributed by atoms with Crippen molar-refractivity contribution in [3.63, 3.8) is 0 Å². The summed E-state index contributed by atoms with van der Waals surface area (Å²) in [5, 5.41) is 11.3. The molecule has 0 aliphatic heterocycles. The molecule has 0 atom stereocenters. The zero-order valence-corrected chi connectivity index (χ0v) is 14.9. The van der Waals surface area contributed by atoms with E-state index in [4.69, 9.17) is 14.7 Å². The summed E-state index contributed by atoms with van der Waals surface area (Å²) in [6, 6.07) is 13.1. The van der Waals surface area contributed by atoms with E-state index < -0.39 is 18.5 Å². The Kier molecular flexibility index (Phi) is 6.67. The third-order valence-electron chi connectivity index (χ3n) is 3.68. The first-order valence-corrected chi connectivity index (χ1v) is 8.06. The quantitative estimate of drug-likeness (QED) is 0.596. The van der Waals surface area contributed by atoms with Crippen LogP contribution < -0.4 is 10.1 Å². The standard InChI is InChI=1S/C20H18N2O5/c1-13(23)15-5-8-18(26-2)16(9-15)10-20(25)27-12-19(24)22-17-6-3-14(11-21)4-7-17/h3-9H,10,12H2,1-2H3,(H,22,24). The van der Waals surface area contributed by atoms with Gasteiger partial charge in [0.25, 0.3) is 5.91 Å². The number of carbonyl (C=O) groups excluding carboxylic acids is 3. The van der Waals surface area contributed by atoms with Crippen LogP contribution >= 0.6 is 0 Å². The van der Waals surface area contributed by atoms with Gasteiger partial charge in [0.15, 0.2) is 12.4 Å². The second-order valence-electron chi connectivity index (χ2n) is 5.66. The van der Waals surface area contributed by atoms with Crippen LogP contribution in [-0.4, -0.2) is 31.4 Å². The summed E-state index contributed by atoms with van der Waals surface area (Å²) >= 11 is 0. The summed E-state index contributed by atoms with van der Waals surface area (Å²) in [6.45, 7) is 0.977. The third kappa shape index (κ3) is 5.68. The highest BCUT2D eigenvalue weighted by molar-refractivity contribution is 5.95. The average Bonchev–Trinajstić information content (AvgIpc) is 2.67. The molecule has 2 aromatic carbocycles. The number of esters is 1. The molecule has 0 fully saturated rings. The Morgan fingerprint density at radius 2 is 1.81 bits per heavy atom. The van der Waals surface area contributed by atoms with Crippen LogP contribution in [0.15, 0.2) is 42.5 Å². The number of hydrogen-bond donors (Lipinski definition) is 1. The van der Waals surface area contributed by atoms with E-state index in [2.05, 4.69) is 5.32 Å². The van der Waals surface area contributed by atoms with Crippen LogP contribution in [0.4, 0.5) is 5.69 Å². The second-order valence-corrected chi connectivity index (χ2v) is 5.66. The number of ketones is 1. The molecule has 0 radical (unpaired) electrons. The Balaban J connectivity index is 1.91. The van der Waals surface area contributed by atoms with Crippen molar-refractivity contribution in [2.75, 3.05) is 19.0 Å². The fourth-order valence-corrected chi connectivity index (χ4v) is 2.31. The lowest BCUT2D eigenvalue weighted by atomic mass is 10.0. The largest absolute Gasteiger partial charge is 0.496 e. The minimum absolute atomic E-state index is 0.130. The molecule has 0 heterocycles. The molecule has 1 N–H and O–H groups in total. The number of anilines is 1. The topological polar surface area (TPSA) is 105 Å². The average molecular weight is 366 g/mol. The van der Waals surface area contributed by atoms with Gasteiger partial charge in [-0.1, -0.05) is 0 Å². The van der Waals surface area contributed by atoms with Crippen molar-refractivity contribution in [2.24, 2.45) is 0 Å². The maximum atomic E-state index is 12.0. The maximum Gasteiger partial charge on any atom is 0.310 e. The van der Waals surface area contributed by atoms with E-state index >= 15 is 0 Å². The Bertz CT molecular complexity index is 898. The number of hydrogen-bond acceptors (Lipinski definition) is 6. The van der Waals surface area contributed by atoms with Gasteiger partial charge in [-0.25, -0.2) is 0 Å². The van der Waals surface area contributed by atoms with Crippen molar-refractivity contribution in [1.29, 1.82) is 5.26 Å². The molecule has 0 spiro atoms. The maximum absolute atomic E-state index is 12.0. The minimum Gasteiger partial charge on any atom is -0.496 e. The van der Waals surface area contributed by atoms with E-state index in [1.165, 1.54) is 14.0 Å². The third-order valence-corrected chi connectivity index (χ3v) is 3.68. The van der Waals surface area contributed by atoms with Gasteiger partial charge in [0.1, 0.15) is 5.75 Å². The van der Waals surface area contributed by atoms with Crippen molar-refractivity contribution >= 4 is 23.3 Å². The fraction of sp³-hybridized carbons (Fsp3) is 0.200. The predicted octanol–water partition coefficient (Wildman–Crippen LogP) is 2.49. The Morgan fingerprint density at radius 1 is 1.11 bits per heavy atom. The summed E-state index contributed by atoms with van der Waals surface area (Å²) in [5.74, 6) is -0.797. The molecular formula is C20H18N2O5. The van der Waals surface area contributed by atoms with Crippen LogP contribution in [0.1, 0.15) is 28.4 Å². The molecule has 0 saturated heterocycles. The van der Waals surface area contributed by atoms with Crippen molar-refractivity contribution in [2.45, 2.75) is 13.3 Å². The van der Waals surface area contributed by atoms with Crippen molar-refractivity contribution in [3.05, 3.63) is 59.2 Å². The van der Waals surface area contributed by atoms with Crippen molar-refractivity contribution < 1.29 is 23.9 Å². The van der Waals surface area contributed by atoms with E-state index in [1.54, 1.807) is 42.5 Å². The minimum atomic E-state index is -0.621. The van der Waals surface area contributed by atoms with E-state index in [-0.39, 0.29) is 12.2 Å². The molecule has 0 saturated carbocycles. The number of carbonyl (C=O) groups is 3. The number of rotatable bonds is 7. The lowest BCUT2D eigenvalue weighted by Crippen LogP contribution is -2.21. The second kappa shape index (κ2) is 9.15. The first-order chi connectivity index (χ1) is 12.9. The molecule has 7 heteroatoms. The Morgan fingerprint density at radius 3 is 2.41 bits per heavy atom. The van der Waals surface area contributed by atoms with Crippen molar-refractivity contribution in [3.8, 4) is 11.8 Å². The first kappa shape index (κ1) is 19.7. The fourth-order valence-electron chi connectivity index (χ4n) is 2.31. The highest BCUT2D eigenvalue weighted by Crippen LogP contribution is 2.21. The van der Waals surface area contributed by atoms with Crippen LogP contribution in [-0.2, 0) is 20.7 Å². The predicted molar refractivity (Wildman–Crippen MR) is 97.4 cm³/mol. The van der Waals surface area contributed by atoms with Gasteiger partial charge in [-0.3, -0.25) is 14.4 Å². The Labute approximate surface area is 156 Å². The van der Waals surface area contributed by atoms with Gasteiger partial charge >= 0.3 is 5.97 Å². The van der Waals surface area contributed by atoms with E-state index in [9.17, 15) is 14.4 Å². The normalized spacial score (nSPS) is 9.81. The first-order valence-electron chi connectivity index (χ1n) is 8.06. The van der Waals surface area contributed by atoms with Gasteiger partial charge in [-0.2, -0.15) is 5.26 Å². The van der Waals surface area contributed by atoms with Gasteiger partial charge in [0.2, 0.25) is 0 Å². The molecule has 2 rings (SSSR count). The molecule has 7 nitrogen and oxygen atoms in total. The Hall–Kier alpha value is -3.66. The summed E-state index contributed by atoms with van der Waals surface area (Å²) in [7, 11) is 1.46. The molecule has 138 valence electrons. The molecule has 0 bridgehead atoms. The zero-order valence-electron chi connectivity index (χ0n) is 14.9. The summed E-state index contributed by atoms with van der Waals surface area (Å²) in [4.78, 5) is 35.4. The monoisotopic (exact) mass is 366 g/mol. The number of nitriles is 1. The number of methoxy groups -OCH3 is 1. The van der Waals surface area contributed by atoms with Crippen molar-refractivity contribution in [1.82, 2.24) is 0 Å². The molecule has 2 aromatic rings. The smallest absolute Gasteiger partial charge is 0.310 e. The molecule has 0 aliphatic rings. The van der Waals surface area contributed by atoms with Crippen LogP contribution in [0.25, 0.3) is 0 Å². The zero-order chi connectivity index (χ0) is 19.8. The number of amides is 1. The number of Topliss-reactive ketones (excluding diaryl/α,β-unsaturated/α-hetero) is 1. The van der Waals surface area contributed by atoms with Crippen LogP contribution in [0.2, 0.25) is 0 Å². The molecular weight excluding hydrogens is 348 g/mol. The number of nitrogens with zero attached hydrogens (tertiary/aromatic N) is 1. The summed E-state index contributed by atoms with van der Waals surface area (Å²) in [6.07, 6.45) is -0.131. The molecule has 0 aromatic heterocycles. The lowest BCUT2D eigenvalue weighted by Gasteiger charge is -2.10. The van der Waals surface area contributed by atoms with Crippen LogP contribution in [0, 0.1) is 11.3 Å². The van der Waals surface area contributed by atoms with Gasteiger partial charge in [0.05, 0.1) is 25.2 Å². The lowest BCUT2D eigenvalue weighted by molar-refractivity contribution is -0.146. The molecule has 1 amide bonds. The van der Waals surface area contributed by atoms with Crippen LogP contribution in [0.5, 0.6) is 5.75 Å². The van der Waals surface area contributed by atoms with Gasteiger partial charge in [0, 0.05) is 16.8 Å². The van der Waals surface area contributed by atoms with Gasteiger partial charge in [-0.05, 0) is 49.4 Å². The number of benzene rings is 2. The van der Waals surface area contributed by atoms with E-state index in [1.807, 2.05) is 6.07 Å². The highest BCUT2D eigenvalue weighted by Gasteiger charge is 2.14. The molecule has 27 heavy (non-hydrogen) atoms. The van der Waals surface area contributed by atoms with E-state index in [0.29, 0.717) is 28.1 Å². The SMILES string of the molecule is COc1ccc(C(C)=O)cc1CC(=O)OCC(=O)Nc1ccc(C#N)cc1. The van der Waals surface area contributed by atoms with Crippen LogP contribution in [0.3, 0.4) is 0 Å². The van der Waals surface area contributed by atoms with Gasteiger partial charge in [-0.15, -0.1) is 0 Å². The number of ether oxygens (including phenoxy) is 2. The van der Waals surface area contributed by atoms with E-state index in [0.717, 1.165) is 0 Å². The summed E-state index contributed by atoms with van der Waals surface area (Å²) in [5.41, 5.74) is 1.92. The summed E-state index contributed by atoms with van der Waals surface area (Å²) < 4.78 is 10.2. The highest BCUT2D eigenvalue weighted by atomic mass is 16.5. The molecule has 0 aliphatic carbocycles. The molecule has 0 unspecified atom stereocenters. The number of nitrogens with one attached hydrogen (secondary N) is 1.